The van der Waals surface area contributed by atoms with E-state index in [1.54, 1.807) is 0 Å². The first-order chi connectivity index (χ1) is 5.93. The molecule has 0 bridgehead atoms. The van der Waals surface area contributed by atoms with Crippen LogP contribution in [0.4, 0.5) is 0 Å². The average molecular weight is 245 g/mol. The van der Waals surface area contributed by atoms with Gasteiger partial charge in [-0.25, -0.2) is 0 Å². The van der Waals surface area contributed by atoms with Crippen LogP contribution in [0.25, 0.3) is 0 Å². The van der Waals surface area contributed by atoms with Crippen molar-refractivity contribution in [3.8, 4) is 0 Å². The first-order valence-electron chi connectivity index (χ1n) is 4.99. The van der Waals surface area contributed by atoms with E-state index in [2.05, 4.69) is 62.7 Å². The number of hydrogen-bond acceptors (Lipinski definition) is 0. The van der Waals surface area contributed by atoms with Crippen molar-refractivity contribution in [2.24, 2.45) is 5.41 Å². The van der Waals surface area contributed by atoms with Crippen molar-refractivity contribution >= 4 is 15.9 Å². The van der Waals surface area contributed by atoms with Crippen molar-refractivity contribution in [2.75, 3.05) is 0 Å². The van der Waals surface area contributed by atoms with Gasteiger partial charge in [-0.15, -0.1) is 0 Å². The van der Waals surface area contributed by atoms with Crippen LogP contribution in [0.2, 0.25) is 0 Å². The second-order valence-electron chi connectivity index (χ2n) is 4.23. The predicted octanol–water partition coefficient (Wildman–Crippen LogP) is 5.06. The molecule has 0 aliphatic heterocycles. The van der Waals surface area contributed by atoms with Gasteiger partial charge in [0.1, 0.15) is 0 Å². The number of rotatable bonds is 3. The second kappa shape index (κ2) is 5.64. The Balaban J connectivity index is 4.88. The predicted molar refractivity (Wildman–Crippen MR) is 65.1 cm³/mol. The van der Waals surface area contributed by atoms with Gasteiger partial charge in [-0.1, -0.05) is 62.7 Å². The zero-order valence-corrected chi connectivity index (χ0v) is 11.0. The number of allylic oxidation sites excluding steroid dienone is 4. The largest absolute Gasteiger partial charge is 0.0845 e. The summed E-state index contributed by atoms with van der Waals surface area (Å²) >= 11 is 3.64. The Labute approximate surface area is 91.2 Å². The van der Waals surface area contributed by atoms with Crippen LogP contribution in [-0.4, -0.2) is 0 Å². The Morgan fingerprint density at radius 3 is 2.08 bits per heavy atom. The smallest absolute Gasteiger partial charge is 0.00149 e. The van der Waals surface area contributed by atoms with Gasteiger partial charge in [-0.3, -0.25) is 0 Å². The van der Waals surface area contributed by atoms with Gasteiger partial charge in [0.05, 0.1) is 0 Å². The maximum absolute atomic E-state index is 3.64. The number of halogens is 1. The SMILES string of the molecule is CC/C=C\C(=C(\Br)CC)C(C)(C)C. The van der Waals surface area contributed by atoms with E-state index in [0.29, 0.717) is 0 Å². The molecule has 0 unspecified atom stereocenters. The molecule has 0 aliphatic rings. The lowest BCUT2D eigenvalue weighted by Crippen LogP contribution is -2.08. The quantitative estimate of drug-likeness (QED) is 0.610. The van der Waals surface area contributed by atoms with Crippen LogP contribution < -0.4 is 0 Å². The van der Waals surface area contributed by atoms with Crippen LogP contribution >= 0.6 is 15.9 Å². The summed E-state index contributed by atoms with van der Waals surface area (Å²) in [6.45, 7) is 11.1. The lowest BCUT2D eigenvalue weighted by atomic mass is 9.85. The summed E-state index contributed by atoms with van der Waals surface area (Å²) in [5.41, 5.74) is 1.65. The molecule has 0 spiro atoms. The third kappa shape index (κ3) is 4.66. The Kier molecular flexibility index (Phi) is 5.62. The Morgan fingerprint density at radius 2 is 1.77 bits per heavy atom. The van der Waals surface area contributed by atoms with E-state index in [9.17, 15) is 0 Å². The molecule has 76 valence electrons. The highest BCUT2D eigenvalue weighted by Gasteiger charge is 2.16. The molecule has 0 aromatic rings. The molecule has 0 atom stereocenters. The maximum Gasteiger partial charge on any atom is -0.00149 e. The summed E-state index contributed by atoms with van der Waals surface area (Å²) in [6, 6.07) is 0. The first-order valence-corrected chi connectivity index (χ1v) is 5.78. The standard InChI is InChI=1S/C12H21Br/c1-6-8-9-10(11(13)7-2)12(3,4)5/h8-9H,6-7H2,1-5H3/b9-8-,11-10-. The van der Waals surface area contributed by atoms with Crippen molar-refractivity contribution in [3.05, 3.63) is 22.2 Å². The monoisotopic (exact) mass is 244 g/mol. The average Bonchev–Trinajstić information content (AvgIpc) is 2.02. The molecule has 1 heteroatoms. The molecule has 13 heavy (non-hydrogen) atoms. The Hall–Kier alpha value is -0.0400. The minimum absolute atomic E-state index is 0.237. The third-order valence-corrected chi connectivity index (χ3v) is 2.92. The van der Waals surface area contributed by atoms with Crippen LogP contribution in [0.5, 0.6) is 0 Å². The fraction of sp³-hybridized carbons (Fsp3) is 0.667. The van der Waals surface area contributed by atoms with Gasteiger partial charge < -0.3 is 0 Å². The van der Waals surface area contributed by atoms with Crippen LogP contribution in [0.1, 0.15) is 47.5 Å². The van der Waals surface area contributed by atoms with E-state index in [1.807, 2.05) is 0 Å². The molecule has 0 saturated heterocycles. The molecule has 0 radical (unpaired) electrons. The molecule has 0 nitrogen and oxygen atoms in total. The van der Waals surface area contributed by atoms with Gasteiger partial charge in [0.2, 0.25) is 0 Å². The van der Waals surface area contributed by atoms with E-state index in [1.165, 1.54) is 10.1 Å². The van der Waals surface area contributed by atoms with E-state index in [0.717, 1.165) is 12.8 Å². The highest BCUT2D eigenvalue weighted by Crippen LogP contribution is 2.32. The molecule has 0 heterocycles. The molecular formula is C12H21Br. The zero-order chi connectivity index (χ0) is 10.5. The zero-order valence-electron chi connectivity index (χ0n) is 9.45. The van der Waals surface area contributed by atoms with Crippen molar-refractivity contribution in [1.29, 1.82) is 0 Å². The fourth-order valence-corrected chi connectivity index (χ4v) is 1.90. The van der Waals surface area contributed by atoms with E-state index in [4.69, 9.17) is 0 Å². The minimum atomic E-state index is 0.237. The third-order valence-electron chi connectivity index (χ3n) is 1.93. The van der Waals surface area contributed by atoms with E-state index in [-0.39, 0.29) is 5.41 Å². The second-order valence-corrected chi connectivity index (χ2v) is 5.19. The molecule has 0 saturated carbocycles. The molecule has 0 fully saturated rings. The van der Waals surface area contributed by atoms with E-state index >= 15 is 0 Å². The first kappa shape index (κ1) is 13.0. The van der Waals surface area contributed by atoms with Crippen molar-refractivity contribution in [2.45, 2.75) is 47.5 Å². The molecular weight excluding hydrogens is 224 g/mol. The summed E-state index contributed by atoms with van der Waals surface area (Å²) < 4.78 is 1.32. The molecule has 0 rings (SSSR count). The number of hydrogen-bond donors (Lipinski definition) is 0. The molecule has 0 aromatic heterocycles. The molecule has 0 N–H and O–H groups in total. The van der Waals surface area contributed by atoms with Gasteiger partial charge in [0.25, 0.3) is 0 Å². The van der Waals surface area contributed by atoms with Crippen LogP contribution in [0, 0.1) is 5.41 Å². The maximum atomic E-state index is 3.64. The fourth-order valence-electron chi connectivity index (χ4n) is 1.17. The van der Waals surface area contributed by atoms with Crippen molar-refractivity contribution < 1.29 is 0 Å². The lowest BCUT2D eigenvalue weighted by Gasteiger charge is -2.22. The van der Waals surface area contributed by atoms with Crippen molar-refractivity contribution in [1.82, 2.24) is 0 Å². The summed E-state index contributed by atoms with van der Waals surface area (Å²) in [5, 5.41) is 0. The Morgan fingerprint density at radius 1 is 1.23 bits per heavy atom. The summed E-state index contributed by atoms with van der Waals surface area (Å²) in [4.78, 5) is 0. The molecule has 0 aromatic carbocycles. The van der Waals surface area contributed by atoms with Gasteiger partial charge in [0.15, 0.2) is 0 Å². The Bertz CT molecular complexity index is 204. The van der Waals surface area contributed by atoms with Gasteiger partial charge >= 0.3 is 0 Å². The summed E-state index contributed by atoms with van der Waals surface area (Å²) in [7, 11) is 0. The highest BCUT2D eigenvalue weighted by atomic mass is 79.9. The van der Waals surface area contributed by atoms with Crippen molar-refractivity contribution in [3.63, 3.8) is 0 Å². The van der Waals surface area contributed by atoms with Crippen LogP contribution in [0.3, 0.4) is 0 Å². The minimum Gasteiger partial charge on any atom is -0.0845 e. The van der Waals surface area contributed by atoms with Gasteiger partial charge in [-0.05, 0) is 28.3 Å². The van der Waals surface area contributed by atoms with E-state index < -0.39 is 0 Å². The lowest BCUT2D eigenvalue weighted by molar-refractivity contribution is 0.514. The normalized spacial score (nSPS) is 14.9. The molecule has 0 aliphatic carbocycles. The van der Waals surface area contributed by atoms with Crippen LogP contribution in [-0.2, 0) is 0 Å². The summed E-state index contributed by atoms with van der Waals surface area (Å²) in [5.74, 6) is 0. The highest BCUT2D eigenvalue weighted by molar-refractivity contribution is 9.11. The van der Waals surface area contributed by atoms with Crippen LogP contribution in [0.15, 0.2) is 22.2 Å². The summed E-state index contributed by atoms with van der Waals surface area (Å²) in [6.07, 6.45) is 6.63. The molecule has 0 amide bonds. The topological polar surface area (TPSA) is 0 Å². The van der Waals surface area contributed by atoms with Gasteiger partial charge in [-0.2, -0.15) is 0 Å². The van der Waals surface area contributed by atoms with Gasteiger partial charge in [0, 0.05) is 0 Å².